The summed E-state index contributed by atoms with van der Waals surface area (Å²) in [5.41, 5.74) is 0. The van der Waals surface area contributed by atoms with Gasteiger partial charge in [-0.25, -0.2) is 0 Å². The second-order valence-electron chi connectivity index (χ2n) is 2.45. The topological polar surface area (TPSA) is 57.5 Å². The minimum atomic E-state index is -0.963. The van der Waals surface area contributed by atoms with E-state index in [1.807, 2.05) is 0 Å². The average Bonchev–Trinajstić information content (AvgIpc) is 1.85. The summed E-state index contributed by atoms with van der Waals surface area (Å²) in [6.07, 6.45) is 1.75. The molecular formula is C8H18O3. The molecule has 11 heavy (non-hydrogen) atoms. The standard InChI is InChI=1S/C4H8O3.C4H10/c1-3(5)2-4(6)7;1-3-4-2/h3,5H,2H2,1H3,(H,6,7);3-4H2,1-2H3. The summed E-state index contributed by atoms with van der Waals surface area (Å²) >= 11 is 0. The first-order valence-corrected chi connectivity index (χ1v) is 3.94. The predicted octanol–water partition coefficient (Wildman–Crippen LogP) is 1.65. The molecule has 0 aromatic rings. The van der Waals surface area contributed by atoms with E-state index in [4.69, 9.17) is 10.2 Å². The Morgan fingerprint density at radius 3 is 1.73 bits per heavy atom. The number of hydrogen-bond donors (Lipinski definition) is 2. The molecule has 0 aromatic carbocycles. The van der Waals surface area contributed by atoms with Crippen LogP contribution in [0.25, 0.3) is 0 Å². The van der Waals surface area contributed by atoms with E-state index in [9.17, 15) is 4.79 Å². The average molecular weight is 162 g/mol. The molecule has 1 atom stereocenters. The molecule has 3 heteroatoms. The van der Waals surface area contributed by atoms with Gasteiger partial charge in [-0.05, 0) is 6.92 Å². The van der Waals surface area contributed by atoms with E-state index in [-0.39, 0.29) is 6.42 Å². The van der Waals surface area contributed by atoms with Crippen molar-refractivity contribution in [1.82, 2.24) is 0 Å². The van der Waals surface area contributed by atoms with Crippen LogP contribution in [0.1, 0.15) is 40.0 Å². The molecular weight excluding hydrogens is 144 g/mol. The Kier molecular flexibility index (Phi) is 11.2. The molecule has 0 heterocycles. The second-order valence-corrected chi connectivity index (χ2v) is 2.45. The number of carboxylic acids is 1. The van der Waals surface area contributed by atoms with Crippen LogP contribution in [-0.4, -0.2) is 22.3 Å². The molecule has 0 spiro atoms. The quantitative estimate of drug-likeness (QED) is 0.663. The van der Waals surface area contributed by atoms with Crippen LogP contribution in [0.15, 0.2) is 0 Å². The molecule has 0 aliphatic rings. The Morgan fingerprint density at radius 1 is 1.36 bits per heavy atom. The normalized spacial score (nSPS) is 11.3. The molecule has 0 aliphatic carbocycles. The van der Waals surface area contributed by atoms with Crippen LogP contribution in [0.3, 0.4) is 0 Å². The molecule has 0 aromatic heterocycles. The van der Waals surface area contributed by atoms with Crippen molar-refractivity contribution in [2.75, 3.05) is 0 Å². The van der Waals surface area contributed by atoms with Crippen LogP contribution in [0.2, 0.25) is 0 Å². The van der Waals surface area contributed by atoms with Crippen LogP contribution in [0, 0.1) is 0 Å². The number of aliphatic carboxylic acids is 1. The lowest BCUT2D eigenvalue weighted by molar-refractivity contribution is -0.138. The lowest BCUT2D eigenvalue weighted by Gasteiger charge is -1.94. The van der Waals surface area contributed by atoms with Gasteiger partial charge in [-0.2, -0.15) is 0 Å². The highest BCUT2D eigenvalue weighted by atomic mass is 16.4. The summed E-state index contributed by atoms with van der Waals surface area (Å²) < 4.78 is 0. The van der Waals surface area contributed by atoms with E-state index < -0.39 is 12.1 Å². The van der Waals surface area contributed by atoms with Crippen LogP contribution < -0.4 is 0 Å². The fourth-order valence-corrected chi connectivity index (χ4v) is 0.253. The van der Waals surface area contributed by atoms with Crippen molar-refractivity contribution in [2.45, 2.75) is 46.1 Å². The number of carbonyl (C=O) groups is 1. The molecule has 68 valence electrons. The number of carboxylic acid groups (broad SMARTS) is 1. The van der Waals surface area contributed by atoms with Crippen LogP contribution in [0.4, 0.5) is 0 Å². The molecule has 3 nitrogen and oxygen atoms in total. The number of aliphatic hydroxyl groups is 1. The first kappa shape index (κ1) is 13.1. The molecule has 0 radical (unpaired) electrons. The first-order valence-electron chi connectivity index (χ1n) is 3.94. The Labute approximate surface area is 68.0 Å². The smallest absolute Gasteiger partial charge is 0.305 e. The molecule has 0 rings (SSSR count). The molecule has 2 N–H and O–H groups in total. The van der Waals surface area contributed by atoms with Crippen molar-refractivity contribution in [3.8, 4) is 0 Å². The van der Waals surface area contributed by atoms with Crippen molar-refractivity contribution in [3.05, 3.63) is 0 Å². The molecule has 0 amide bonds. The third-order valence-electron chi connectivity index (χ3n) is 0.970. The lowest BCUT2D eigenvalue weighted by Crippen LogP contribution is -2.07. The van der Waals surface area contributed by atoms with E-state index >= 15 is 0 Å². The van der Waals surface area contributed by atoms with Gasteiger partial charge in [-0.15, -0.1) is 0 Å². The molecule has 0 saturated carbocycles. The maximum absolute atomic E-state index is 9.65. The number of hydrogen-bond acceptors (Lipinski definition) is 2. The van der Waals surface area contributed by atoms with Gasteiger partial charge >= 0.3 is 5.97 Å². The fourth-order valence-electron chi connectivity index (χ4n) is 0.253. The maximum atomic E-state index is 9.65. The summed E-state index contributed by atoms with van der Waals surface area (Å²) in [4.78, 5) is 9.65. The molecule has 0 aliphatic heterocycles. The van der Waals surface area contributed by atoms with E-state index in [2.05, 4.69) is 13.8 Å². The van der Waals surface area contributed by atoms with Crippen LogP contribution in [0.5, 0.6) is 0 Å². The number of rotatable bonds is 3. The highest BCUT2D eigenvalue weighted by Crippen LogP contribution is 1.85. The third-order valence-corrected chi connectivity index (χ3v) is 0.970. The number of unbranched alkanes of at least 4 members (excludes halogenated alkanes) is 1. The van der Waals surface area contributed by atoms with Gasteiger partial charge in [-0.3, -0.25) is 4.79 Å². The van der Waals surface area contributed by atoms with E-state index in [0.717, 1.165) is 0 Å². The van der Waals surface area contributed by atoms with Crippen molar-refractivity contribution in [3.63, 3.8) is 0 Å². The largest absolute Gasteiger partial charge is 0.481 e. The minimum Gasteiger partial charge on any atom is -0.481 e. The zero-order valence-electron chi connectivity index (χ0n) is 7.50. The SMILES string of the molecule is CC(O)CC(=O)O.CCCC. The van der Waals surface area contributed by atoms with Gasteiger partial charge in [-0.1, -0.05) is 26.7 Å². The molecule has 1 unspecified atom stereocenters. The molecule has 0 fully saturated rings. The van der Waals surface area contributed by atoms with E-state index in [0.29, 0.717) is 0 Å². The summed E-state index contributed by atoms with van der Waals surface area (Å²) in [5.74, 6) is -0.963. The maximum Gasteiger partial charge on any atom is 0.305 e. The number of aliphatic hydroxyl groups excluding tert-OH is 1. The van der Waals surface area contributed by atoms with Crippen molar-refractivity contribution >= 4 is 5.97 Å². The molecule has 0 bridgehead atoms. The summed E-state index contributed by atoms with van der Waals surface area (Å²) in [5, 5.41) is 16.3. The minimum absolute atomic E-state index is 0.167. The molecule has 0 saturated heterocycles. The van der Waals surface area contributed by atoms with Crippen molar-refractivity contribution in [2.24, 2.45) is 0 Å². The van der Waals surface area contributed by atoms with Gasteiger partial charge in [0.15, 0.2) is 0 Å². The Morgan fingerprint density at radius 2 is 1.73 bits per heavy atom. The highest BCUT2D eigenvalue weighted by Gasteiger charge is 2.00. The van der Waals surface area contributed by atoms with Gasteiger partial charge in [0.25, 0.3) is 0 Å². The predicted molar refractivity (Wildman–Crippen MR) is 44.5 cm³/mol. The monoisotopic (exact) mass is 162 g/mol. The Bertz CT molecular complexity index is 87.3. The summed E-state index contributed by atoms with van der Waals surface area (Å²) in [7, 11) is 0. The van der Waals surface area contributed by atoms with Crippen molar-refractivity contribution < 1.29 is 15.0 Å². The Balaban J connectivity index is 0. The first-order chi connectivity index (χ1) is 5.04. The van der Waals surface area contributed by atoms with Gasteiger partial charge < -0.3 is 10.2 Å². The van der Waals surface area contributed by atoms with E-state index in [1.54, 1.807) is 0 Å². The van der Waals surface area contributed by atoms with Gasteiger partial charge in [0.1, 0.15) is 0 Å². The third kappa shape index (κ3) is 26.5. The lowest BCUT2D eigenvalue weighted by atomic mass is 10.3. The van der Waals surface area contributed by atoms with Crippen LogP contribution >= 0.6 is 0 Å². The summed E-state index contributed by atoms with van der Waals surface area (Å²) in [6, 6.07) is 0. The van der Waals surface area contributed by atoms with Gasteiger partial charge in [0.05, 0.1) is 12.5 Å². The second kappa shape index (κ2) is 9.43. The van der Waals surface area contributed by atoms with Gasteiger partial charge in [0, 0.05) is 0 Å². The fraction of sp³-hybridized carbons (Fsp3) is 0.875. The highest BCUT2D eigenvalue weighted by molar-refractivity contribution is 5.67. The van der Waals surface area contributed by atoms with Gasteiger partial charge in [0.2, 0.25) is 0 Å². The van der Waals surface area contributed by atoms with Crippen molar-refractivity contribution in [1.29, 1.82) is 0 Å². The van der Waals surface area contributed by atoms with E-state index in [1.165, 1.54) is 19.8 Å². The zero-order valence-corrected chi connectivity index (χ0v) is 7.50. The zero-order chi connectivity index (χ0) is 9.28. The summed E-state index contributed by atoms with van der Waals surface area (Å²) in [6.45, 7) is 5.80. The van der Waals surface area contributed by atoms with Crippen LogP contribution in [-0.2, 0) is 4.79 Å². The Hall–Kier alpha value is -0.570.